The molecule has 4 rings (SSSR count). The second kappa shape index (κ2) is 8.89. The van der Waals surface area contributed by atoms with Gasteiger partial charge >= 0.3 is 0 Å². The van der Waals surface area contributed by atoms with Gasteiger partial charge in [0.2, 0.25) is 17.6 Å². The van der Waals surface area contributed by atoms with Crippen LogP contribution < -0.4 is 5.32 Å². The molecule has 1 fully saturated rings. The Balaban J connectivity index is 1.35. The number of likely N-dealkylation sites (tertiary alicyclic amines) is 1. The van der Waals surface area contributed by atoms with E-state index in [-0.39, 0.29) is 11.8 Å². The molecule has 6 nitrogen and oxygen atoms in total. The highest BCUT2D eigenvalue weighted by molar-refractivity contribution is 7.98. The smallest absolute Gasteiger partial charge is 0.241 e. The molecule has 1 N–H and O–H groups in total. The number of aromatic nitrogens is 2. The van der Waals surface area contributed by atoms with E-state index in [1.165, 1.54) is 0 Å². The van der Waals surface area contributed by atoms with Crippen LogP contribution in [-0.2, 0) is 11.3 Å². The lowest BCUT2D eigenvalue weighted by Crippen LogP contribution is -2.40. The molecular weight excluding hydrogens is 392 g/mol. The molecule has 1 amide bonds. The number of nitrogens with one attached hydrogen (secondary N) is 1. The van der Waals surface area contributed by atoms with Crippen LogP contribution in [0.25, 0.3) is 10.7 Å². The third kappa shape index (κ3) is 4.63. The van der Waals surface area contributed by atoms with Crippen molar-refractivity contribution in [2.45, 2.75) is 24.3 Å². The van der Waals surface area contributed by atoms with Gasteiger partial charge in [0.25, 0.3) is 0 Å². The maximum Gasteiger partial charge on any atom is 0.241 e. The van der Waals surface area contributed by atoms with Crippen LogP contribution in [0.3, 0.4) is 0 Å². The average molecular weight is 415 g/mol. The van der Waals surface area contributed by atoms with Crippen molar-refractivity contribution in [3.8, 4) is 10.7 Å². The summed E-state index contributed by atoms with van der Waals surface area (Å²) in [4.78, 5) is 21.6. The summed E-state index contributed by atoms with van der Waals surface area (Å²) < 4.78 is 5.41. The van der Waals surface area contributed by atoms with Crippen LogP contribution in [0.4, 0.5) is 5.69 Å². The summed E-state index contributed by atoms with van der Waals surface area (Å²) in [6.45, 7) is 2.21. The Morgan fingerprint density at radius 2 is 2.32 bits per heavy atom. The van der Waals surface area contributed by atoms with Crippen LogP contribution in [-0.4, -0.2) is 40.3 Å². The number of amides is 1. The summed E-state index contributed by atoms with van der Waals surface area (Å²) in [7, 11) is 0. The van der Waals surface area contributed by atoms with E-state index in [1.54, 1.807) is 23.1 Å². The minimum absolute atomic E-state index is 0.0358. The summed E-state index contributed by atoms with van der Waals surface area (Å²) in [5.41, 5.74) is 0.853. The highest BCUT2D eigenvalue weighted by Crippen LogP contribution is 2.24. The largest absolute Gasteiger partial charge is 0.338 e. The Morgan fingerprint density at radius 1 is 1.39 bits per heavy atom. The highest BCUT2D eigenvalue weighted by Gasteiger charge is 2.27. The standard InChI is InChI=1S/C20H22N4O2S2/c1-27-16-7-2-6-15(11-16)21-20(25)14-5-3-9-24(12-14)13-18-22-19(23-26-18)17-8-4-10-28-17/h2,4,6-8,10-11,14H,3,5,9,12-13H2,1H3,(H,21,25). The molecule has 0 spiro atoms. The van der Waals surface area contributed by atoms with Crippen LogP contribution in [0.1, 0.15) is 18.7 Å². The number of thiophene rings is 1. The van der Waals surface area contributed by atoms with E-state index in [2.05, 4.69) is 20.4 Å². The first-order valence-electron chi connectivity index (χ1n) is 9.25. The number of nitrogens with zero attached hydrogens (tertiary/aromatic N) is 3. The molecule has 8 heteroatoms. The predicted octanol–water partition coefficient (Wildman–Crippen LogP) is 4.37. The van der Waals surface area contributed by atoms with Crippen LogP contribution in [0, 0.1) is 5.92 Å². The summed E-state index contributed by atoms with van der Waals surface area (Å²) in [6, 6.07) is 11.9. The molecular formula is C20H22N4O2S2. The summed E-state index contributed by atoms with van der Waals surface area (Å²) in [6.07, 6.45) is 3.91. The van der Waals surface area contributed by atoms with Crippen molar-refractivity contribution >= 4 is 34.7 Å². The number of benzene rings is 1. The zero-order valence-corrected chi connectivity index (χ0v) is 17.3. The molecule has 0 saturated carbocycles. The van der Waals surface area contributed by atoms with Crippen molar-refractivity contribution < 1.29 is 9.32 Å². The van der Waals surface area contributed by atoms with Gasteiger partial charge in [0.15, 0.2) is 0 Å². The van der Waals surface area contributed by atoms with E-state index >= 15 is 0 Å². The van der Waals surface area contributed by atoms with Crippen molar-refractivity contribution in [2.24, 2.45) is 5.92 Å². The Bertz CT molecular complexity index is 926. The topological polar surface area (TPSA) is 71.3 Å². The summed E-state index contributed by atoms with van der Waals surface area (Å²) in [5.74, 6) is 1.27. The van der Waals surface area contributed by atoms with Gasteiger partial charge < -0.3 is 9.84 Å². The van der Waals surface area contributed by atoms with Gasteiger partial charge in [-0.15, -0.1) is 23.1 Å². The van der Waals surface area contributed by atoms with E-state index in [4.69, 9.17) is 4.52 Å². The first-order chi connectivity index (χ1) is 13.7. The monoisotopic (exact) mass is 414 g/mol. The summed E-state index contributed by atoms with van der Waals surface area (Å²) in [5, 5.41) is 9.13. The maximum absolute atomic E-state index is 12.7. The van der Waals surface area contributed by atoms with Crippen molar-refractivity contribution in [2.75, 3.05) is 24.7 Å². The zero-order valence-electron chi connectivity index (χ0n) is 15.6. The van der Waals surface area contributed by atoms with Crippen molar-refractivity contribution in [1.29, 1.82) is 0 Å². The number of rotatable bonds is 6. The first kappa shape index (κ1) is 19.2. The van der Waals surface area contributed by atoms with Crippen LogP contribution in [0.2, 0.25) is 0 Å². The third-order valence-electron chi connectivity index (χ3n) is 4.78. The fourth-order valence-corrected chi connectivity index (χ4v) is 4.48. The first-order valence-corrected chi connectivity index (χ1v) is 11.4. The lowest BCUT2D eigenvalue weighted by molar-refractivity contribution is -0.121. The number of hydrogen-bond donors (Lipinski definition) is 1. The molecule has 1 unspecified atom stereocenters. The second-order valence-corrected chi connectivity index (χ2v) is 8.61. The number of carbonyl (C=O) groups excluding carboxylic acids is 1. The average Bonchev–Trinajstić information content (AvgIpc) is 3.40. The molecule has 28 heavy (non-hydrogen) atoms. The van der Waals surface area contributed by atoms with Gasteiger partial charge in [-0.3, -0.25) is 9.69 Å². The molecule has 0 radical (unpaired) electrons. The minimum Gasteiger partial charge on any atom is -0.338 e. The lowest BCUT2D eigenvalue weighted by Gasteiger charge is -2.30. The lowest BCUT2D eigenvalue weighted by atomic mass is 9.97. The van der Waals surface area contributed by atoms with Crippen LogP contribution in [0.15, 0.2) is 51.2 Å². The highest BCUT2D eigenvalue weighted by atomic mass is 32.2. The normalized spacial score (nSPS) is 17.5. The van der Waals surface area contributed by atoms with E-state index in [0.717, 1.165) is 34.8 Å². The van der Waals surface area contributed by atoms with E-state index in [0.29, 0.717) is 24.8 Å². The Labute approximate surface area is 172 Å². The van der Waals surface area contributed by atoms with Gasteiger partial charge in [0.05, 0.1) is 17.3 Å². The molecule has 0 bridgehead atoms. The fourth-order valence-electron chi connectivity index (χ4n) is 3.37. The minimum atomic E-state index is -0.0358. The third-order valence-corrected chi connectivity index (χ3v) is 6.37. The molecule has 1 atom stereocenters. The number of piperidine rings is 1. The number of thioether (sulfide) groups is 1. The van der Waals surface area contributed by atoms with Gasteiger partial charge in [-0.2, -0.15) is 4.98 Å². The fraction of sp³-hybridized carbons (Fsp3) is 0.350. The summed E-state index contributed by atoms with van der Waals surface area (Å²) >= 11 is 3.26. The second-order valence-electron chi connectivity index (χ2n) is 6.78. The molecule has 2 aromatic heterocycles. The van der Waals surface area contributed by atoms with E-state index < -0.39 is 0 Å². The predicted molar refractivity (Wildman–Crippen MR) is 112 cm³/mol. The zero-order chi connectivity index (χ0) is 19.3. The molecule has 1 aromatic carbocycles. The van der Waals surface area contributed by atoms with Crippen molar-refractivity contribution in [1.82, 2.24) is 15.0 Å². The molecule has 146 valence electrons. The van der Waals surface area contributed by atoms with E-state index in [1.807, 2.05) is 48.0 Å². The van der Waals surface area contributed by atoms with Gasteiger partial charge in [-0.25, -0.2) is 0 Å². The molecule has 1 aliphatic heterocycles. The number of carbonyl (C=O) groups is 1. The number of anilines is 1. The Kier molecular flexibility index (Phi) is 6.09. The van der Waals surface area contributed by atoms with Gasteiger partial charge in [-0.1, -0.05) is 17.3 Å². The Morgan fingerprint density at radius 3 is 3.14 bits per heavy atom. The Hall–Kier alpha value is -2.16. The SMILES string of the molecule is CSc1cccc(NC(=O)C2CCCN(Cc3nc(-c4cccs4)no3)C2)c1. The van der Waals surface area contributed by atoms with Crippen LogP contribution in [0.5, 0.6) is 0 Å². The molecule has 3 aromatic rings. The van der Waals surface area contributed by atoms with Crippen LogP contribution >= 0.6 is 23.1 Å². The maximum atomic E-state index is 12.7. The quantitative estimate of drug-likeness (QED) is 0.604. The molecule has 0 aliphatic carbocycles. The van der Waals surface area contributed by atoms with E-state index in [9.17, 15) is 4.79 Å². The van der Waals surface area contributed by atoms with Crippen molar-refractivity contribution in [3.05, 3.63) is 47.7 Å². The van der Waals surface area contributed by atoms with Gasteiger partial charge in [0.1, 0.15) is 0 Å². The molecule has 3 heterocycles. The van der Waals surface area contributed by atoms with Crippen molar-refractivity contribution in [3.63, 3.8) is 0 Å². The number of hydrogen-bond acceptors (Lipinski definition) is 7. The molecule has 1 saturated heterocycles. The van der Waals surface area contributed by atoms with Gasteiger partial charge in [0, 0.05) is 17.1 Å². The van der Waals surface area contributed by atoms with Gasteiger partial charge in [-0.05, 0) is 55.3 Å². The molecule has 1 aliphatic rings.